The Morgan fingerprint density at radius 3 is 2.19 bits per heavy atom. The number of aliphatic hydroxyl groups is 1. The van der Waals surface area contributed by atoms with E-state index in [2.05, 4.69) is 0 Å². The van der Waals surface area contributed by atoms with Crippen LogP contribution in [0.25, 0.3) is 0 Å². The Hall–Kier alpha value is -1.56. The number of nitrogens with two attached hydrogens (primary N) is 1. The van der Waals surface area contributed by atoms with E-state index in [0.29, 0.717) is 0 Å². The van der Waals surface area contributed by atoms with Crippen LogP contribution in [-0.2, 0) is 0 Å². The van der Waals surface area contributed by atoms with E-state index in [9.17, 15) is 18.3 Å². The highest BCUT2D eigenvalue weighted by molar-refractivity contribution is 6.30. The molecular formula is C15H13ClF3NO. The molecule has 6 heteroatoms. The fourth-order valence-electron chi connectivity index (χ4n) is 2.23. The molecule has 3 N–H and O–H groups in total. The summed E-state index contributed by atoms with van der Waals surface area (Å²) < 4.78 is 41.5. The zero-order chi connectivity index (χ0) is 15.6. The van der Waals surface area contributed by atoms with Crippen LogP contribution >= 0.6 is 11.6 Å². The lowest BCUT2D eigenvalue weighted by atomic mass is 9.88. The Morgan fingerprint density at radius 2 is 1.62 bits per heavy atom. The molecule has 0 aliphatic carbocycles. The maximum atomic E-state index is 14.0. The standard InChI is InChI=1S/C15H13ClF3NO/c16-10-4-1-3-8(14(10)19)9(7-20)15(21)13-11(17)5-2-6-12(13)18/h1-6,9,15,21H,7,20H2. The Morgan fingerprint density at radius 1 is 1.05 bits per heavy atom. The molecule has 2 rings (SSSR count). The number of rotatable bonds is 4. The first-order chi connectivity index (χ1) is 9.97. The number of hydrogen-bond acceptors (Lipinski definition) is 2. The first-order valence-electron chi connectivity index (χ1n) is 6.23. The largest absolute Gasteiger partial charge is 0.388 e. The van der Waals surface area contributed by atoms with Gasteiger partial charge in [-0.05, 0) is 23.8 Å². The van der Waals surface area contributed by atoms with Gasteiger partial charge in [0, 0.05) is 12.5 Å². The molecule has 0 amide bonds. The first-order valence-corrected chi connectivity index (χ1v) is 6.61. The molecule has 2 unspecified atom stereocenters. The van der Waals surface area contributed by atoms with Gasteiger partial charge in [-0.25, -0.2) is 13.2 Å². The van der Waals surface area contributed by atoms with Gasteiger partial charge >= 0.3 is 0 Å². The minimum atomic E-state index is -1.62. The average Bonchev–Trinajstić information content (AvgIpc) is 2.44. The molecular weight excluding hydrogens is 303 g/mol. The minimum absolute atomic E-state index is 0.0140. The first kappa shape index (κ1) is 15.8. The fourth-order valence-corrected chi connectivity index (χ4v) is 2.41. The molecule has 0 radical (unpaired) electrons. The van der Waals surface area contributed by atoms with Crippen LogP contribution in [0.3, 0.4) is 0 Å². The Bertz CT molecular complexity index is 631. The molecule has 2 aromatic rings. The van der Waals surface area contributed by atoms with E-state index in [4.69, 9.17) is 17.3 Å². The van der Waals surface area contributed by atoms with Crippen LogP contribution in [-0.4, -0.2) is 11.7 Å². The van der Waals surface area contributed by atoms with Crippen LogP contribution in [0.4, 0.5) is 13.2 Å². The van der Waals surface area contributed by atoms with Crippen molar-refractivity contribution in [3.63, 3.8) is 0 Å². The van der Waals surface area contributed by atoms with Gasteiger partial charge < -0.3 is 10.8 Å². The van der Waals surface area contributed by atoms with Crippen molar-refractivity contribution in [1.82, 2.24) is 0 Å². The summed E-state index contributed by atoms with van der Waals surface area (Å²) in [6, 6.07) is 7.41. The molecule has 21 heavy (non-hydrogen) atoms. The molecule has 0 heterocycles. The van der Waals surface area contributed by atoms with Crippen molar-refractivity contribution in [1.29, 1.82) is 0 Å². The van der Waals surface area contributed by atoms with Gasteiger partial charge in [0.1, 0.15) is 17.5 Å². The maximum Gasteiger partial charge on any atom is 0.145 e. The molecule has 0 aliphatic rings. The molecule has 0 aliphatic heterocycles. The van der Waals surface area contributed by atoms with Crippen molar-refractivity contribution in [2.75, 3.05) is 6.54 Å². The van der Waals surface area contributed by atoms with E-state index in [-0.39, 0.29) is 17.1 Å². The lowest BCUT2D eigenvalue weighted by molar-refractivity contribution is 0.137. The smallest absolute Gasteiger partial charge is 0.145 e. The summed E-state index contributed by atoms with van der Waals surface area (Å²) in [6.07, 6.45) is -1.62. The molecule has 0 saturated carbocycles. The highest BCUT2D eigenvalue weighted by Gasteiger charge is 2.29. The molecule has 0 saturated heterocycles. The monoisotopic (exact) mass is 315 g/mol. The summed E-state index contributed by atoms with van der Waals surface area (Å²) >= 11 is 5.68. The van der Waals surface area contributed by atoms with E-state index < -0.39 is 35.0 Å². The third kappa shape index (κ3) is 3.05. The summed E-state index contributed by atoms with van der Waals surface area (Å²) in [5.74, 6) is -3.60. The van der Waals surface area contributed by atoms with E-state index in [0.717, 1.165) is 12.1 Å². The van der Waals surface area contributed by atoms with Gasteiger partial charge in [0.15, 0.2) is 0 Å². The number of halogens is 4. The average molecular weight is 316 g/mol. The van der Waals surface area contributed by atoms with Crippen molar-refractivity contribution in [3.05, 3.63) is 70.0 Å². The number of hydrogen-bond donors (Lipinski definition) is 2. The van der Waals surface area contributed by atoms with Crippen molar-refractivity contribution in [2.24, 2.45) is 5.73 Å². The lowest BCUT2D eigenvalue weighted by Gasteiger charge is -2.23. The van der Waals surface area contributed by atoms with Crippen LogP contribution in [0.5, 0.6) is 0 Å². The molecule has 2 atom stereocenters. The second-order valence-corrected chi connectivity index (χ2v) is 4.97. The topological polar surface area (TPSA) is 46.2 Å². The Kier molecular flexibility index (Phi) is 4.88. The van der Waals surface area contributed by atoms with Crippen molar-refractivity contribution < 1.29 is 18.3 Å². The zero-order valence-electron chi connectivity index (χ0n) is 10.9. The number of benzene rings is 2. The second kappa shape index (κ2) is 6.47. The molecule has 0 bridgehead atoms. The van der Waals surface area contributed by atoms with Gasteiger partial charge in [0.2, 0.25) is 0 Å². The van der Waals surface area contributed by atoms with Gasteiger partial charge in [-0.2, -0.15) is 0 Å². The third-order valence-corrected chi connectivity index (χ3v) is 3.60. The fraction of sp³-hybridized carbons (Fsp3) is 0.200. The van der Waals surface area contributed by atoms with Gasteiger partial charge in [-0.15, -0.1) is 0 Å². The SMILES string of the molecule is NCC(c1cccc(Cl)c1F)C(O)c1c(F)cccc1F. The minimum Gasteiger partial charge on any atom is -0.388 e. The summed E-state index contributed by atoms with van der Waals surface area (Å²) in [7, 11) is 0. The molecule has 0 spiro atoms. The quantitative estimate of drug-likeness (QED) is 0.906. The third-order valence-electron chi connectivity index (χ3n) is 3.31. The summed E-state index contributed by atoms with van der Waals surface area (Å²) in [6.45, 7) is -0.202. The van der Waals surface area contributed by atoms with Crippen molar-refractivity contribution in [3.8, 4) is 0 Å². The molecule has 0 fully saturated rings. The van der Waals surface area contributed by atoms with Crippen LogP contribution in [0.2, 0.25) is 5.02 Å². The number of aliphatic hydroxyl groups excluding tert-OH is 1. The van der Waals surface area contributed by atoms with Crippen LogP contribution < -0.4 is 5.73 Å². The van der Waals surface area contributed by atoms with E-state index >= 15 is 0 Å². The van der Waals surface area contributed by atoms with E-state index in [1.54, 1.807) is 0 Å². The van der Waals surface area contributed by atoms with Crippen molar-refractivity contribution >= 4 is 11.6 Å². The van der Waals surface area contributed by atoms with Gasteiger partial charge in [-0.1, -0.05) is 29.8 Å². The van der Waals surface area contributed by atoms with Gasteiger partial charge in [0.25, 0.3) is 0 Å². The Labute approximate surface area is 125 Å². The highest BCUT2D eigenvalue weighted by atomic mass is 35.5. The van der Waals surface area contributed by atoms with Crippen LogP contribution in [0.15, 0.2) is 36.4 Å². The van der Waals surface area contributed by atoms with Crippen molar-refractivity contribution in [2.45, 2.75) is 12.0 Å². The van der Waals surface area contributed by atoms with E-state index in [1.807, 2.05) is 0 Å². The predicted molar refractivity (Wildman–Crippen MR) is 74.5 cm³/mol. The molecule has 2 nitrogen and oxygen atoms in total. The summed E-state index contributed by atoms with van der Waals surface area (Å²) in [4.78, 5) is 0. The summed E-state index contributed by atoms with van der Waals surface area (Å²) in [5.41, 5.74) is 5.03. The predicted octanol–water partition coefficient (Wildman–Crippen LogP) is 3.53. The highest BCUT2D eigenvalue weighted by Crippen LogP contribution is 2.35. The molecule has 2 aromatic carbocycles. The van der Waals surface area contributed by atoms with E-state index in [1.165, 1.54) is 24.3 Å². The maximum absolute atomic E-state index is 14.0. The van der Waals surface area contributed by atoms with Gasteiger partial charge in [0.05, 0.1) is 16.7 Å². The normalized spacial score (nSPS) is 14.0. The Balaban J connectivity index is 2.48. The summed E-state index contributed by atoms with van der Waals surface area (Å²) in [5, 5.41) is 10.1. The van der Waals surface area contributed by atoms with Gasteiger partial charge in [-0.3, -0.25) is 0 Å². The molecule has 0 aromatic heterocycles. The zero-order valence-corrected chi connectivity index (χ0v) is 11.6. The second-order valence-electron chi connectivity index (χ2n) is 4.57. The lowest BCUT2D eigenvalue weighted by Crippen LogP contribution is -2.23. The van der Waals surface area contributed by atoms with Crippen LogP contribution in [0.1, 0.15) is 23.1 Å². The van der Waals surface area contributed by atoms with Crippen LogP contribution in [0, 0.1) is 17.5 Å². The molecule has 112 valence electrons.